The lowest BCUT2D eigenvalue weighted by Gasteiger charge is -2.03. The number of benzene rings is 1. The fraction of sp³-hybridized carbons (Fsp3) is 0.286. The van der Waals surface area contributed by atoms with E-state index in [1.54, 1.807) is 7.11 Å². The van der Waals surface area contributed by atoms with Gasteiger partial charge in [-0.1, -0.05) is 11.6 Å². The van der Waals surface area contributed by atoms with Crippen molar-refractivity contribution >= 4 is 28.9 Å². The molecule has 1 heterocycles. The van der Waals surface area contributed by atoms with Crippen LogP contribution in [-0.2, 0) is 16.0 Å². The van der Waals surface area contributed by atoms with Gasteiger partial charge >= 0.3 is 5.97 Å². The van der Waals surface area contributed by atoms with Crippen LogP contribution in [0.4, 0.5) is 0 Å². The number of methoxy groups -OCH3 is 2. The highest BCUT2D eigenvalue weighted by Crippen LogP contribution is 2.31. The average Bonchev–Trinajstić information content (AvgIpc) is 2.93. The summed E-state index contributed by atoms with van der Waals surface area (Å²) in [6.07, 6.45) is 0.913. The van der Waals surface area contributed by atoms with Gasteiger partial charge in [-0.05, 0) is 18.2 Å². The highest BCUT2D eigenvalue weighted by atomic mass is 35.5. The number of aryl methyl sites for hydroxylation is 1. The second kappa shape index (κ2) is 6.72. The molecule has 0 saturated heterocycles. The van der Waals surface area contributed by atoms with Gasteiger partial charge in [0, 0.05) is 17.4 Å². The standard InChI is InChI=1S/C14H14ClNO3S/c1-18-12-5-3-9(7-11(12)15)14-16-10(8-20-14)4-6-13(17)19-2/h3,5,7-8H,4,6H2,1-2H3. The summed E-state index contributed by atoms with van der Waals surface area (Å²) >= 11 is 7.62. The SMILES string of the molecule is COC(=O)CCc1csc(-c2ccc(OC)c(Cl)c2)n1. The molecule has 0 bridgehead atoms. The average molecular weight is 312 g/mol. The number of carbonyl (C=O) groups excluding carboxylic acids is 1. The largest absolute Gasteiger partial charge is 0.495 e. The van der Waals surface area contributed by atoms with Crippen molar-refractivity contribution in [1.82, 2.24) is 4.98 Å². The topological polar surface area (TPSA) is 48.4 Å². The van der Waals surface area contributed by atoms with Crippen LogP contribution < -0.4 is 4.74 Å². The van der Waals surface area contributed by atoms with E-state index in [1.165, 1.54) is 18.4 Å². The van der Waals surface area contributed by atoms with Crippen LogP contribution in [0.3, 0.4) is 0 Å². The molecule has 20 heavy (non-hydrogen) atoms. The molecule has 0 aliphatic rings. The first kappa shape index (κ1) is 14.8. The highest BCUT2D eigenvalue weighted by molar-refractivity contribution is 7.13. The number of esters is 1. The number of hydrogen-bond donors (Lipinski definition) is 0. The molecule has 0 unspecified atom stereocenters. The minimum Gasteiger partial charge on any atom is -0.495 e. The molecular weight excluding hydrogens is 298 g/mol. The van der Waals surface area contributed by atoms with Gasteiger partial charge in [0.25, 0.3) is 0 Å². The second-order valence-corrected chi connectivity index (χ2v) is 5.33. The minimum absolute atomic E-state index is 0.230. The maximum atomic E-state index is 11.1. The number of ether oxygens (including phenoxy) is 2. The maximum Gasteiger partial charge on any atom is 0.305 e. The first-order valence-corrected chi connectivity index (χ1v) is 7.25. The Morgan fingerprint density at radius 3 is 2.85 bits per heavy atom. The van der Waals surface area contributed by atoms with Crippen molar-refractivity contribution in [2.45, 2.75) is 12.8 Å². The normalized spacial score (nSPS) is 10.3. The monoisotopic (exact) mass is 311 g/mol. The van der Waals surface area contributed by atoms with Crippen LogP contribution in [0.2, 0.25) is 5.02 Å². The summed E-state index contributed by atoms with van der Waals surface area (Å²) in [6, 6.07) is 5.55. The van der Waals surface area contributed by atoms with Crippen molar-refractivity contribution in [3.05, 3.63) is 34.3 Å². The number of carbonyl (C=O) groups is 1. The molecule has 1 aromatic heterocycles. The van der Waals surface area contributed by atoms with Crippen LogP contribution in [0, 0.1) is 0 Å². The molecule has 2 rings (SSSR count). The molecular formula is C14H14ClNO3S. The Labute approximate surface area is 126 Å². The Balaban J connectivity index is 2.12. The van der Waals surface area contributed by atoms with Crippen LogP contribution in [0.25, 0.3) is 10.6 Å². The summed E-state index contributed by atoms with van der Waals surface area (Å²) in [5.74, 6) is 0.407. The molecule has 6 heteroatoms. The zero-order valence-electron chi connectivity index (χ0n) is 11.2. The Morgan fingerprint density at radius 2 is 2.20 bits per heavy atom. The number of halogens is 1. The van der Waals surface area contributed by atoms with E-state index in [1.807, 2.05) is 23.6 Å². The molecule has 106 valence electrons. The van der Waals surface area contributed by atoms with Crippen molar-refractivity contribution < 1.29 is 14.3 Å². The molecule has 0 aliphatic heterocycles. The highest BCUT2D eigenvalue weighted by Gasteiger charge is 2.09. The lowest BCUT2D eigenvalue weighted by atomic mass is 10.2. The number of nitrogens with zero attached hydrogens (tertiary/aromatic N) is 1. The third kappa shape index (κ3) is 3.49. The summed E-state index contributed by atoms with van der Waals surface area (Å²) in [6.45, 7) is 0. The first-order chi connectivity index (χ1) is 9.63. The summed E-state index contributed by atoms with van der Waals surface area (Å²) in [7, 11) is 2.96. The molecule has 0 amide bonds. The summed E-state index contributed by atoms with van der Waals surface area (Å²) in [5, 5.41) is 3.36. The van der Waals surface area contributed by atoms with E-state index >= 15 is 0 Å². The molecule has 0 radical (unpaired) electrons. The Kier molecular flexibility index (Phi) is 4.98. The molecule has 0 saturated carbocycles. The van der Waals surface area contributed by atoms with Gasteiger partial charge in [-0.3, -0.25) is 4.79 Å². The molecule has 2 aromatic rings. The van der Waals surface area contributed by atoms with E-state index < -0.39 is 0 Å². The number of rotatable bonds is 5. The predicted octanol–water partition coefficient (Wildman–Crippen LogP) is 3.58. The summed E-state index contributed by atoms with van der Waals surface area (Å²) < 4.78 is 9.73. The number of hydrogen-bond acceptors (Lipinski definition) is 5. The van der Waals surface area contributed by atoms with Crippen molar-refractivity contribution in [2.24, 2.45) is 0 Å². The van der Waals surface area contributed by atoms with Crippen molar-refractivity contribution in [3.63, 3.8) is 0 Å². The zero-order valence-corrected chi connectivity index (χ0v) is 12.8. The first-order valence-electron chi connectivity index (χ1n) is 5.99. The fourth-order valence-corrected chi connectivity index (χ4v) is 2.79. The molecule has 0 fully saturated rings. The number of aromatic nitrogens is 1. The number of thiazole rings is 1. The van der Waals surface area contributed by atoms with E-state index in [9.17, 15) is 4.79 Å². The van der Waals surface area contributed by atoms with Gasteiger partial charge in [0.2, 0.25) is 0 Å². The quantitative estimate of drug-likeness (QED) is 0.792. The Hall–Kier alpha value is -1.59. The van der Waals surface area contributed by atoms with Crippen LogP contribution in [0.5, 0.6) is 5.75 Å². The fourth-order valence-electron chi connectivity index (χ4n) is 1.69. The van der Waals surface area contributed by atoms with E-state index in [0.717, 1.165) is 16.3 Å². The molecule has 0 aliphatic carbocycles. The maximum absolute atomic E-state index is 11.1. The molecule has 0 atom stereocenters. The summed E-state index contributed by atoms with van der Waals surface area (Å²) in [5.41, 5.74) is 1.81. The van der Waals surface area contributed by atoms with Crippen LogP contribution in [-0.4, -0.2) is 25.2 Å². The minimum atomic E-state index is -0.230. The second-order valence-electron chi connectivity index (χ2n) is 4.07. The third-order valence-electron chi connectivity index (χ3n) is 2.76. The zero-order chi connectivity index (χ0) is 14.5. The molecule has 1 aromatic carbocycles. The van der Waals surface area contributed by atoms with Gasteiger partial charge in [0.1, 0.15) is 10.8 Å². The van der Waals surface area contributed by atoms with E-state index in [2.05, 4.69) is 9.72 Å². The third-order valence-corrected chi connectivity index (χ3v) is 4.00. The predicted molar refractivity (Wildman–Crippen MR) is 79.4 cm³/mol. The van der Waals surface area contributed by atoms with Crippen molar-refractivity contribution in [2.75, 3.05) is 14.2 Å². The Bertz CT molecular complexity index is 612. The van der Waals surface area contributed by atoms with Crippen LogP contribution >= 0.6 is 22.9 Å². The smallest absolute Gasteiger partial charge is 0.305 e. The molecule has 0 N–H and O–H groups in total. The van der Waals surface area contributed by atoms with E-state index in [0.29, 0.717) is 23.6 Å². The van der Waals surface area contributed by atoms with Crippen LogP contribution in [0.15, 0.2) is 23.6 Å². The van der Waals surface area contributed by atoms with Gasteiger partial charge in [0.05, 0.1) is 31.4 Å². The van der Waals surface area contributed by atoms with E-state index in [-0.39, 0.29) is 5.97 Å². The van der Waals surface area contributed by atoms with Crippen molar-refractivity contribution in [1.29, 1.82) is 0 Å². The van der Waals surface area contributed by atoms with Crippen molar-refractivity contribution in [3.8, 4) is 16.3 Å². The lowest BCUT2D eigenvalue weighted by molar-refractivity contribution is -0.140. The molecule has 4 nitrogen and oxygen atoms in total. The lowest BCUT2D eigenvalue weighted by Crippen LogP contribution is -2.01. The van der Waals surface area contributed by atoms with Gasteiger partial charge in [0.15, 0.2) is 0 Å². The molecule has 0 spiro atoms. The van der Waals surface area contributed by atoms with Crippen LogP contribution in [0.1, 0.15) is 12.1 Å². The Morgan fingerprint density at radius 1 is 1.40 bits per heavy atom. The van der Waals surface area contributed by atoms with Gasteiger partial charge in [-0.2, -0.15) is 0 Å². The summed E-state index contributed by atoms with van der Waals surface area (Å²) in [4.78, 5) is 15.6. The van der Waals surface area contributed by atoms with Gasteiger partial charge < -0.3 is 9.47 Å². The van der Waals surface area contributed by atoms with Gasteiger partial charge in [-0.15, -0.1) is 11.3 Å². The van der Waals surface area contributed by atoms with Gasteiger partial charge in [-0.25, -0.2) is 4.98 Å². The van der Waals surface area contributed by atoms with E-state index in [4.69, 9.17) is 16.3 Å².